The van der Waals surface area contributed by atoms with Crippen LogP contribution in [0.5, 0.6) is 5.75 Å². The average Bonchev–Trinajstić information content (AvgIpc) is 3.45. The summed E-state index contributed by atoms with van der Waals surface area (Å²) in [7, 11) is 0. The highest BCUT2D eigenvalue weighted by atomic mass is 79.9. The minimum Gasteiger partial charge on any atom is -0.494 e. The van der Waals surface area contributed by atoms with Gasteiger partial charge in [0.05, 0.1) is 13.2 Å². The summed E-state index contributed by atoms with van der Waals surface area (Å²) >= 11 is 3.61. The first-order chi connectivity index (χ1) is 22.3. The molecule has 12 heteroatoms. The van der Waals surface area contributed by atoms with Crippen LogP contribution in [0.3, 0.4) is 0 Å². The van der Waals surface area contributed by atoms with Gasteiger partial charge >= 0.3 is 0 Å². The van der Waals surface area contributed by atoms with E-state index in [0.717, 1.165) is 18.2 Å². The number of hydrogen-bond acceptors (Lipinski definition) is 6. The normalized spacial score (nSPS) is 17.0. The van der Waals surface area contributed by atoms with Crippen molar-refractivity contribution < 1.29 is 28.2 Å². The number of carbonyl (C=O) groups is 1. The highest BCUT2D eigenvalue weighted by molar-refractivity contribution is 9.10. The van der Waals surface area contributed by atoms with Crippen LogP contribution >= 0.6 is 15.9 Å². The van der Waals surface area contributed by atoms with Crippen LogP contribution in [0.2, 0.25) is 0 Å². The van der Waals surface area contributed by atoms with Gasteiger partial charge in [0, 0.05) is 52.1 Å². The summed E-state index contributed by atoms with van der Waals surface area (Å²) in [4.78, 5) is 22.4. The van der Waals surface area contributed by atoms with Crippen LogP contribution in [0.15, 0.2) is 106 Å². The Bertz CT molecular complexity index is 1780. The van der Waals surface area contributed by atoms with Gasteiger partial charge in [-0.2, -0.15) is 0 Å². The first kappa shape index (κ1) is 32.6. The van der Waals surface area contributed by atoms with Gasteiger partial charge in [0.1, 0.15) is 17.4 Å². The Morgan fingerprint density at radius 1 is 1.04 bits per heavy atom. The Kier molecular flexibility index (Phi) is 10.6. The standard InChI is InChI=1S/C34H30BrF2N5O4/c35-29-9-4-3-8-28(29)31-34(19-23-6-1-2-7-24(23)21-40-42-38,33(44)39-20-25-18-26(36)12-15-30(25)37)41-32(46-31)22-10-13-27(14-11-22)45-17-5-16-43/h1-4,6-15,18,31,43H,5,16-17,19-21H2,(H,39,44)/t31-,34-/m1/s1. The van der Waals surface area contributed by atoms with Crippen molar-refractivity contribution in [3.05, 3.63) is 145 Å². The third kappa shape index (κ3) is 7.37. The maximum atomic E-state index is 14.6. The van der Waals surface area contributed by atoms with Crippen LogP contribution in [-0.2, 0) is 29.0 Å². The van der Waals surface area contributed by atoms with Gasteiger partial charge < -0.3 is 19.9 Å². The van der Waals surface area contributed by atoms with Gasteiger partial charge in [0.2, 0.25) is 5.90 Å². The zero-order chi connectivity index (χ0) is 32.5. The molecule has 4 aromatic carbocycles. The molecule has 46 heavy (non-hydrogen) atoms. The van der Waals surface area contributed by atoms with E-state index in [1.54, 1.807) is 36.4 Å². The van der Waals surface area contributed by atoms with Crippen molar-refractivity contribution >= 4 is 27.7 Å². The maximum absolute atomic E-state index is 14.6. The number of nitrogens with one attached hydrogen (secondary N) is 1. The van der Waals surface area contributed by atoms with Crippen LogP contribution in [-0.4, -0.2) is 35.7 Å². The number of amides is 1. The lowest BCUT2D eigenvalue weighted by Crippen LogP contribution is -2.50. The van der Waals surface area contributed by atoms with Gasteiger partial charge in [-0.15, -0.1) is 0 Å². The van der Waals surface area contributed by atoms with Crippen LogP contribution in [0.4, 0.5) is 8.78 Å². The number of aliphatic imine (C=N–C) groups is 1. The van der Waals surface area contributed by atoms with Crippen LogP contribution in [0.1, 0.15) is 40.3 Å². The number of halogens is 3. The molecular weight excluding hydrogens is 660 g/mol. The van der Waals surface area contributed by atoms with Crippen molar-refractivity contribution in [2.75, 3.05) is 13.2 Å². The fraction of sp³-hybridized carbons (Fsp3) is 0.235. The highest BCUT2D eigenvalue weighted by Crippen LogP contribution is 2.45. The second-order valence-corrected chi connectivity index (χ2v) is 11.4. The lowest BCUT2D eigenvalue weighted by Gasteiger charge is -2.32. The minimum atomic E-state index is -1.63. The van der Waals surface area contributed by atoms with Crippen LogP contribution in [0.25, 0.3) is 10.4 Å². The molecule has 1 amide bonds. The zero-order valence-corrected chi connectivity index (χ0v) is 26.2. The molecule has 1 heterocycles. The number of nitrogens with zero attached hydrogens (tertiary/aromatic N) is 4. The number of aliphatic hydroxyl groups excluding tert-OH is 1. The molecule has 0 fully saturated rings. The predicted molar refractivity (Wildman–Crippen MR) is 172 cm³/mol. The SMILES string of the molecule is [N-]=[N+]=NCc1ccccc1C[C@@]1(C(=O)NCc2cc(F)ccc2F)N=C(c2ccc(OCCCO)cc2)O[C@@H]1c1ccccc1Br. The molecule has 4 aromatic rings. The third-order valence-corrected chi connectivity index (χ3v) is 8.27. The van der Waals surface area contributed by atoms with E-state index >= 15 is 0 Å². The van der Waals surface area contributed by atoms with Crippen molar-refractivity contribution in [2.45, 2.75) is 37.6 Å². The maximum Gasteiger partial charge on any atom is 0.252 e. The number of carbonyl (C=O) groups excluding carboxylic acids is 1. The smallest absolute Gasteiger partial charge is 0.252 e. The molecular formula is C34H30BrF2N5O4. The van der Waals surface area contributed by atoms with Crippen LogP contribution in [0, 0.1) is 11.6 Å². The first-order valence-corrected chi connectivity index (χ1v) is 15.3. The highest BCUT2D eigenvalue weighted by Gasteiger charge is 2.54. The molecule has 1 aliphatic rings. The molecule has 0 unspecified atom stereocenters. The number of benzene rings is 4. The fourth-order valence-electron chi connectivity index (χ4n) is 5.24. The van der Waals surface area contributed by atoms with E-state index in [9.17, 15) is 13.6 Å². The lowest BCUT2D eigenvalue weighted by molar-refractivity contribution is -0.129. The van der Waals surface area contributed by atoms with E-state index in [1.165, 1.54) is 0 Å². The Hall–Kier alpha value is -4.77. The van der Waals surface area contributed by atoms with Crippen molar-refractivity contribution in [3.63, 3.8) is 0 Å². The molecule has 0 radical (unpaired) electrons. The summed E-state index contributed by atoms with van der Waals surface area (Å²) in [5, 5.41) is 15.6. The van der Waals surface area contributed by atoms with Gasteiger partial charge in [0.15, 0.2) is 11.6 Å². The molecule has 0 spiro atoms. The largest absolute Gasteiger partial charge is 0.494 e. The van der Waals surface area contributed by atoms with E-state index < -0.39 is 29.2 Å². The quantitative estimate of drug-likeness (QED) is 0.0671. The average molecular weight is 691 g/mol. The number of hydrogen-bond donors (Lipinski definition) is 2. The fourth-order valence-corrected chi connectivity index (χ4v) is 5.73. The Labute approximate surface area is 272 Å². The van der Waals surface area contributed by atoms with E-state index in [-0.39, 0.29) is 37.6 Å². The molecule has 9 nitrogen and oxygen atoms in total. The molecule has 0 aromatic heterocycles. The summed E-state index contributed by atoms with van der Waals surface area (Å²) in [5.74, 6) is -1.08. The summed E-state index contributed by atoms with van der Waals surface area (Å²) in [5.41, 5.74) is 9.95. The van der Waals surface area contributed by atoms with E-state index in [2.05, 4.69) is 31.3 Å². The topological polar surface area (TPSA) is 129 Å². The molecule has 5 rings (SSSR count). The summed E-state index contributed by atoms with van der Waals surface area (Å²) in [6.07, 6.45) is -0.438. The number of azide groups is 1. The van der Waals surface area contributed by atoms with Gasteiger partial charge in [-0.05, 0) is 65.2 Å². The summed E-state index contributed by atoms with van der Waals surface area (Å²) in [6, 6.07) is 24.6. The molecule has 0 aliphatic carbocycles. The molecule has 2 atom stereocenters. The van der Waals surface area contributed by atoms with Gasteiger partial charge in [0.25, 0.3) is 5.91 Å². The number of rotatable bonds is 13. The van der Waals surface area contributed by atoms with Crippen molar-refractivity contribution in [2.24, 2.45) is 10.1 Å². The predicted octanol–water partition coefficient (Wildman–Crippen LogP) is 7.11. The molecule has 0 saturated carbocycles. The molecule has 0 bridgehead atoms. The number of aliphatic hydroxyl groups is 1. The van der Waals surface area contributed by atoms with Crippen molar-refractivity contribution in [1.82, 2.24) is 5.32 Å². The second kappa shape index (κ2) is 15.0. The van der Waals surface area contributed by atoms with Gasteiger partial charge in [-0.25, -0.2) is 13.8 Å². The Morgan fingerprint density at radius 3 is 2.52 bits per heavy atom. The van der Waals surface area contributed by atoms with E-state index in [4.69, 9.17) is 25.1 Å². The van der Waals surface area contributed by atoms with Gasteiger partial charge in [-0.3, -0.25) is 4.79 Å². The van der Waals surface area contributed by atoms with Gasteiger partial charge in [-0.1, -0.05) is 63.5 Å². The summed E-state index contributed by atoms with van der Waals surface area (Å²) in [6.45, 7) is 0.120. The van der Waals surface area contributed by atoms with E-state index in [0.29, 0.717) is 45.5 Å². The molecule has 0 saturated heterocycles. The van der Waals surface area contributed by atoms with E-state index in [1.807, 2.05) is 36.4 Å². The Balaban J connectivity index is 1.61. The molecule has 236 valence electrons. The van der Waals surface area contributed by atoms with Crippen LogP contribution < -0.4 is 10.1 Å². The molecule has 2 N–H and O–H groups in total. The summed E-state index contributed by atoms with van der Waals surface area (Å²) < 4.78 is 41.5. The zero-order valence-electron chi connectivity index (χ0n) is 24.6. The minimum absolute atomic E-state index is 0.0150. The lowest BCUT2D eigenvalue weighted by atomic mass is 9.81. The molecule has 1 aliphatic heterocycles. The number of ether oxygens (including phenoxy) is 2. The van der Waals surface area contributed by atoms with Crippen molar-refractivity contribution in [1.29, 1.82) is 0 Å². The third-order valence-electron chi connectivity index (χ3n) is 7.55. The van der Waals surface area contributed by atoms with Crippen molar-refractivity contribution in [3.8, 4) is 5.75 Å². The first-order valence-electron chi connectivity index (χ1n) is 14.5. The second-order valence-electron chi connectivity index (χ2n) is 10.6. The Morgan fingerprint density at radius 2 is 1.78 bits per heavy atom. The monoisotopic (exact) mass is 689 g/mol.